The lowest BCUT2D eigenvalue weighted by Crippen LogP contribution is -2.43. The molecule has 0 unspecified atom stereocenters. The zero-order chi connectivity index (χ0) is 13.0. The Bertz CT molecular complexity index is 294. The van der Waals surface area contributed by atoms with Gasteiger partial charge in [-0.25, -0.2) is 0 Å². The third-order valence-corrected chi connectivity index (χ3v) is 4.00. The van der Waals surface area contributed by atoms with Crippen LogP contribution in [-0.2, 0) is 9.57 Å². The maximum absolute atomic E-state index is 5.89. The topological polar surface area (TPSA) is 34.1 Å². The van der Waals surface area contributed by atoms with Crippen molar-refractivity contribution in [2.75, 3.05) is 26.3 Å². The zero-order valence-electron chi connectivity index (χ0n) is 11.9. The molecule has 0 N–H and O–H groups in total. The van der Waals surface area contributed by atoms with Crippen LogP contribution in [0.25, 0.3) is 0 Å². The van der Waals surface area contributed by atoms with E-state index in [-0.39, 0.29) is 5.54 Å². The van der Waals surface area contributed by atoms with Crippen molar-refractivity contribution in [2.24, 2.45) is 11.1 Å². The fourth-order valence-electron chi connectivity index (χ4n) is 3.19. The van der Waals surface area contributed by atoms with Crippen LogP contribution in [-0.4, -0.2) is 49.1 Å². The molecule has 0 aromatic carbocycles. The summed E-state index contributed by atoms with van der Waals surface area (Å²) in [5, 5.41) is 4.03. The summed E-state index contributed by atoms with van der Waals surface area (Å²) >= 11 is 0. The fourth-order valence-corrected chi connectivity index (χ4v) is 3.19. The molecule has 2 atom stereocenters. The summed E-state index contributed by atoms with van der Waals surface area (Å²) in [4.78, 5) is 7.66. The highest BCUT2D eigenvalue weighted by Crippen LogP contribution is 2.41. The van der Waals surface area contributed by atoms with Crippen LogP contribution in [0.3, 0.4) is 0 Å². The number of nitrogens with zero attached hydrogens (tertiary/aromatic N) is 2. The van der Waals surface area contributed by atoms with Gasteiger partial charge < -0.3 is 9.57 Å². The van der Waals surface area contributed by atoms with Gasteiger partial charge in [0.05, 0.1) is 12.7 Å². The van der Waals surface area contributed by atoms with Gasteiger partial charge in [0.25, 0.3) is 0 Å². The minimum absolute atomic E-state index is 0.271. The van der Waals surface area contributed by atoms with Crippen LogP contribution in [0.1, 0.15) is 40.0 Å². The molecule has 2 saturated heterocycles. The third-order valence-electron chi connectivity index (χ3n) is 4.00. The van der Waals surface area contributed by atoms with E-state index in [2.05, 4.69) is 23.9 Å². The van der Waals surface area contributed by atoms with Crippen molar-refractivity contribution in [3.8, 4) is 0 Å². The predicted molar refractivity (Wildman–Crippen MR) is 72.9 cm³/mol. The second-order valence-corrected chi connectivity index (χ2v) is 5.77. The van der Waals surface area contributed by atoms with E-state index in [1.165, 1.54) is 19.4 Å². The van der Waals surface area contributed by atoms with Crippen molar-refractivity contribution in [3.63, 3.8) is 0 Å². The smallest absolute Gasteiger partial charge is 0.114 e. The van der Waals surface area contributed by atoms with Crippen LogP contribution in [0.15, 0.2) is 5.16 Å². The van der Waals surface area contributed by atoms with E-state index in [1.54, 1.807) is 0 Å². The van der Waals surface area contributed by atoms with Gasteiger partial charge in [0.1, 0.15) is 6.61 Å². The first-order valence-electron chi connectivity index (χ1n) is 7.18. The van der Waals surface area contributed by atoms with E-state index in [0.717, 1.165) is 19.6 Å². The largest absolute Gasteiger partial charge is 0.396 e. The summed E-state index contributed by atoms with van der Waals surface area (Å²) in [5.41, 5.74) is 0.271. The Morgan fingerprint density at radius 2 is 2.33 bits per heavy atom. The van der Waals surface area contributed by atoms with E-state index in [4.69, 9.17) is 9.57 Å². The van der Waals surface area contributed by atoms with Gasteiger partial charge in [-0.2, -0.15) is 0 Å². The molecule has 0 radical (unpaired) electrons. The van der Waals surface area contributed by atoms with Crippen LogP contribution in [0.4, 0.5) is 0 Å². The molecule has 0 saturated carbocycles. The minimum atomic E-state index is 0.271. The van der Waals surface area contributed by atoms with Gasteiger partial charge in [0, 0.05) is 24.2 Å². The first-order valence-corrected chi connectivity index (χ1v) is 7.18. The molecular weight excluding hydrogens is 228 g/mol. The van der Waals surface area contributed by atoms with Crippen molar-refractivity contribution in [1.29, 1.82) is 0 Å². The molecule has 2 fully saturated rings. The lowest BCUT2D eigenvalue weighted by atomic mass is 9.91. The summed E-state index contributed by atoms with van der Waals surface area (Å²) in [6.07, 6.45) is 6.03. The Hall–Kier alpha value is -0.610. The standard InChI is InChI=1S/C14H26N2O2/c1-4-18-15-9-13-8-14(11-17-12(2)3)6-5-7-16(14)10-13/h9,12-13H,4-8,10-11H2,1-3H3/b15-9+/t13-,14+/m1/s1. The Labute approximate surface area is 110 Å². The highest BCUT2D eigenvalue weighted by Gasteiger charge is 2.48. The molecule has 2 rings (SSSR count). The van der Waals surface area contributed by atoms with Crippen molar-refractivity contribution in [2.45, 2.75) is 51.7 Å². The van der Waals surface area contributed by atoms with Crippen LogP contribution >= 0.6 is 0 Å². The number of rotatable bonds is 6. The molecule has 2 heterocycles. The second-order valence-electron chi connectivity index (χ2n) is 5.77. The number of ether oxygens (including phenoxy) is 1. The molecule has 0 spiro atoms. The van der Waals surface area contributed by atoms with Crippen molar-refractivity contribution < 1.29 is 9.57 Å². The Morgan fingerprint density at radius 3 is 3.06 bits per heavy atom. The molecule has 104 valence electrons. The van der Waals surface area contributed by atoms with Crippen LogP contribution in [0, 0.1) is 5.92 Å². The molecule has 0 bridgehead atoms. The third kappa shape index (κ3) is 3.04. The van der Waals surface area contributed by atoms with Gasteiger partial charge in [-0.15, -0.1) is 0 Å². The molecule has 2 aliphatic heterocycles. The molecule has 0 amide bonds. The Morgan fingerprint density at radius 1 is 1.50 bits per heavy atom. The van der Waals surface area contributed by atoms with Crippen LogP contribution in [0.5, 0.6) is 0 Å². The lowest BCUT2D eigenvalue weighted by Gasteiger charge is -2.32. The number of fused-ring (bicyclic) bond motifs is 1. The van der Waals surface area contributed by atoms with Gasteiger partial charge in [-0.05, 0) is 46.6 Å². The average Bonchev–Trinajstić information content (AvgIpc) is 2.83. The van der Waals surface area contributed by atoms with E-state index in [9.17, 15) is 0 Å². The molecule has 0 aliphatic carbocycles. The predicted octanol–water partition coefficient (Wildman–Crippen LogP) is 2.29. The number of hydrogen-bond acceptors (Lipinski definition) is 4. The first kappa shape index (κ1) is 13.8. The molecular formula is C14H26N2O2. The maximum atomic E-state index is 5.89. The molecule has 0 aromatic heterocycles. The van der Waals surface area contributed by atoms with E-state index < -0.39 is 0 Å². The van der Waals surface area contributed by atoms with E-state index in [1.807, 2.05) is 13.1 Å². The fraction of sp³-hybridized carbons (Fsp3) is 0.929. The van der Waals surface area contributed by atoms with Crippen LogP contribution in [0.2, 0.25) is 0 Å². The van der Waals surface area contributed by atoms with Gasteiger partial charge in [-0.1, -0.05) is 5.16 Å². The molecule has 2 aliphatic rings. The Balaban J connectivity index is 1.92. The highest BCUT2D eigenvalue weighted by atomic mass is 16.6. The molecule has 4 heteroatoms. The van der Waals surface area contributed by atoms with Crippen LogP contribution < -0.4 is 0 Å². The molecule has 4 nitrogen and oxygen atoms in total. The summed E-state index contributed by atoms with van der Waals surface area (Å²) in [6.45, 7) is 10.0. The lowest BCUT2D eigenvalue weighted by molar-refractivity contribution is 0.00301. The molecule has 0 aromatic rings. The SMILES string of the molecule is CCO/N=C/[C@@H]1CN2CCC[C@@]2(COC(C)C)C1. The number of oxime groups is 1. The van der Waals surface area contributed by atoms with Gasteiger partial charge in [0.2, 0.25) is 0 Å². The van der Waals surface area contributed by atoms with E-state index >= 15 is 0 Å². The van der Waals surface area contributed by atoms with Crippen molar-refractivity contribution in [3.05, 3.63) is 0 Å². The summed E-state index contributed by atoms with van der Waals surface area (Å²) < 4.78 is 5.89. The minimum Gasteiger partial charge on any atom is -0.396 e. The maximum Gasteiger partial charge on any atom is 0.114 e. The van der Waals surface area contributed by atoms with Crippen molar-refractivity contribution in [1.82, 2.24) is 4.90 Å². The van der Waals surface area contributed by atoms with E-state index in [0.29, 0.717) is 18.6 Å². The van der Waals surface area contributed by atoms with Gasteiger partial charge in [-0.3, -0.25) is 4.90 Å². The van der Waals surface area contributed by atoms with Gasteiger partial charge >= 0.3 is 0 Å². The summed E-state index contributed by atoms with van der Waals surface area (Å²) in [7, 11) is 0. The summed E-state index contributed by atoms with van der Waals surface area (Å²) in [5.74, 6) is 0.521. The normalized spacial score (nSPS) is 32.6. The summed E-state index contributed by atoms with van der Waals surface area (Å²) in [6, 6.07) is 0. The Kier molecular flexibility index (Phi) is 4.62. The van der Waals surface area contributed by atoms with Gasteiger partial charge in [0.15, 0.2) is 0 Å². The average molecular weight is 254 g/mol. The number of hydrogen-bond donors (Lipinski definition) is 0. The van der Waals surface area contributed by atoms with Crippen molar-refractivity contribution >= 4 is 6.21 Å². The molecule has 18 heavy (non-hydrogen) atoms. The highest BCUT2D eigenvalue weighted by molar-refractivity contribution is 5.61. The first-order chi connectivity index (χ1) is 8.66. The zero-order valence-corrected chi connectivity index (χ0v) is 11.9. The quantitative estimate of drug-likeness (QED) is 0.539. The monoisotopic (exact) mass is 254 g/mol. The second kappa shape index (κ2) is 6.02.